The number of hydrogen-bond donors (Lipinski definition) is 1. The van der Waals surface area contributed by atoms with Gasteiger partial charge in [-0.2, -0.15) is 0 Å². The zero-order valence-electron chi connectivity index (χ0n) is 10.5. The molecule has 1 radical (unpaired) electrons. The molecule has 0 saturated carbocycles. The maximum Gasteiger partial charge on any atom is 0.258 e. The van der Waals surface area contributed by atoms with E-state index in [2.05, 4.69) is 0 Å². The second-order valence-corrected chi connectivity index (χ2v) is 4.22. The van der Waals surface area contributed by atoms with Gasteiger partial charge in [0, 0.05) is 26.5 Å². The standard InChI is InChI=1S/C13H15NO4.Ir/c1-18-10-4-2-9(3-5-10)8-14-12(16)7-6-11(15)13(14)17;/h2-5,11,15H,6-8H2,1H3;. The van der Waals surface area contributed by atoms with Crippen molar-refractivity contribution in [3.8, 4) is 5.75 Å². The first-order valence-electron chi connectivity index (χ1n) is 5.77. The summed E-state index contributed by atoms with van der Waals surface area (Å²) in [4.78, 5) is 24.4. The zero-order valence-corrected chi connectivity index (χ0v) is 12.9. The van der Waals surface area contributed by atoms with Gasteiger partial charge >= 0.3 is 0 Å². The number of aliphatic hydroxyl groups is 1. The first kappa shape index (κ1) is 15.8. The fourth-order valence-corrected chi connectivity index (χ4v) is 1.90. The first-order valence-corrected chi connectivity index (χ1v) is 5.77. The number of carbonyl (C=O) groups is 2. The Morgan fingerprint density at radius 3 is 2.53 bits per heavy atom. The van der Waals surface area contributed by atoms with Crippen molar-refractivity contribution in [2.24, 2.45) is 0 Å². The summed E-state index contributed by atoms with van der Waals surface area (Å²) in [6.07, 6.45) is -0.624. The molecule has 0 aliphatic carbocycles. The molecular weight excluding hydrogens is 426 g/mol. The molecule has 1 fully saturated rings. The van der Waals surface area contributed by atoms with Crippen LogP contribution < -0.4 is 4.74 Å². The molecule has 5 nitrogen and oxygen atoms in total. The average Bonchev–Trinajstić information content (AvgIpc) is 2.40. The van der Waals surface area contributed by atoms with Crippen molar-refractivity contribution in [2.45, 2.75) is 25.5 Å². The van der Waals surface area contributed by atoms with Gasteiger partial charge in [-0.25, -0.2) is 0 Å². The third-order valence-corrected chi connectivity index (χ3v) is 2.98. The molecule has 1 heterocycles. The van der Waals surface area contributed by atoms with Gasteiger partial charge < -0.3 is 9.84 Å². The van der Waals surface area contributed by atoms with Crippen LogP contribution in [0.5, 0.6) is 5.75 Å². The van der Waals surface area contributed by atoms with Crippen LogP contribution in [0, 0.1) is 0 Å². The van der Waals surface area contributed by atoms with Gasteiger partial charge in [0.1, 0.15) is 11.9 Å². The number of piperidine rings is 1. The van der Waals surface area contributed by atoms with Crippen molar-refractivity contribution < 1.29 is 39.5 Å². The Morgan fingerprint density at radius 1 is 1.32 bits per heavy atom. The van der Waals surface area contributed by atoms with Crippen molar-refractivity contribution in [1.29, 1.82) is 0 Å². The van der Waals surface area contributed by atoms with Gasteiger partial charge in [0.25, 0.3) is 5.91 Å². The zero-order chi connectivity index (χ0) is 13.1. The predicted octanol–water partition coefficient (Wildman–Crippen LogP) is 0.703. The van der Waals surface area contributed by atoms with Crippen molar-refractivity contribution in [3.05, 3.63) is 29.8 Å². The summed E-state index contributed by atoms with van der Waals surface area (Å²) in [5.41, 5.74) is 0.826. The maximum atomic E-state index is 11.7. The van der Waals surface area contributed by atoms with E-state index in [0.717, 1.165) is 16.2 Å². The van der Waals surface area contributed by atoms with E-state index in [-0.39, 0.29) is 45.4 Å². The summed E-state index contributed by atoms with van der Waals surface area (Å²) in [5.74, 6) is -0.0294. The van der Waals surface area contributed by atoms with Gasteiger partial charge in [-0.1, -0.05) is 12.1 Å². The number of ether oxygens (including phenoxy) is 1. The van der Waals surface area contributed by atoms with Crippen LogP contribution in [0.4, 0.5) is 0 Å². The first-order chi connectivity index (χ1) is 8.61. The molecule has 0 aromatic heterocycles. The van der Waals surface area contributed by atoms with Crippen LogP contribution in [-0.2, 0) is 36.2 Å². The smallest absolute Gasteiger partial charge is 0.258 e. The van der Waals surface area contributed by atoms with Crippen LogP contribution in [0.2, 0.25) is 0 Å². The Morgan fingerprint density at radius 2 is 1.95 bits per heavy atom. The molecule has 0 spiro atoms. The molecule has 2 rings (SSSR count). The normalized spacial score (nSPS) is 19.1. The van der Waals surface area contributed by atoms with Crippen molar-refractivity contribution in [2.75, 3.05) is 7.11 Å². The van der Waals surface area contributed by atoms with Crippen molar-refractivity contribution in [1.82, 2.24) is 4.90 Å². The van der Waals surface area contributed by atoms with Crippen LogP contribution in [-0.4, -0.2) is 35.0 Å². The fourth-order valence-electron chi connectivity index (χ4n) is 1.90. The predicted molar refractivity (Wildman–Crippen MR) is 63.8 cm³/mol. The van der Waals surface area contributed by atoms with Crippen LogP contribution >= 0.6 is 0 Å². The van der Waals surface area contributed by atoms with Gasteiger partial charge in [0.2, 0.25) is 5.91 Å². The number of aliphatic hydroxyl groups excluding tert-OH is 1. The monoisotopic (exact) mass is 442 g/mol. The molecule has 1 unspecified atom stereocenters. The van der Waals surface area contributed by atoms with E-state index in [0.29, 0.717) is 0 Å². The summed E-state index contributed by atoms with van der Waals surface area (Å²) in [7, 11) is 1.57. The molecule has 19 heavy (non-hydrogen) atoms. The summed E-state index contributed by atoms with van der Waals surface area (Å²) >= 11 is 0. The van der Waals surface area contributed by atoms with Gasteiger partial charge in [0.15, 0.2) is 0 Å². The Bertz CT molecular complexity index is 460. The maximum absolute atomic E-state index is 11.7. The molecular formula is C13H15IrNO4. The molecule has 1 aliphatic rings. The van der Waals surface area contributed by atoms with Crippen LogP contribution in [0.15, 0.2) is 24.3 Å². The number of imide groups is 1. The van der Waals surface area contributed by atoms with E-state index in [1.807, 2.05) is 0 Å². The number of benzene rings is 1. The number of likely N-dealkylation sites (tertiary alicyclic amines) is 1. The number of hydrogen-bond acceptors (Lipinski definition) is 4. The second kappa shape index (κ2) is 6.80. The summed E-state index contributed by atoms with van der Waals surface area (Å²) in [5, 5.41) is 9.46. The number of nitrogens with zero attached hydrogens (tertiary/aromatic N) is 1. The summed E-state index contributed by atoms with van der Waals surface area (Å²) in [6.45, 7) is 0.193. The average molecular weight is 441 g/mol. The Kier molecular flexibility index (Phi) is 5.66. The van der Waals surface area contributed by atoms with Gasteiger partial charge in [-0.15, -0.1) is 0 Å². The largest absolute Gasteiger partial charge is 0.497 e. The van der Waals surface area contributed by atoms with E-state index in [4.69, 9.17) is 4.74 Å². The molecule has 6 heteroatoms. The topological polar surface area (TPSA) is 66.8 Å². The SMILES string of the molecule is COc1ccc(CN2C(=O)CCC(O)C2=O)cc1.[Ir]. The number of carbonyl (C=O) groups excluding carboxylic acids is 2. The third kappa shape index (κ3) is 3.62. The minimum Gasteiger partial charge on any atom is -0.497 e. The van der Waals surface area contributed by atoms with Crippen LogP contribution in [0.25, 0.3) is 0 Å². The number of rotatable bonds is 3. The fraction of sp³-hybridized carbons (Fsp3) is 0.385. The second-order valence-electron chi connectivity index (χ2n) is 4.22. The van der Waals surface area contributed by atoms with Crippen molar-refractivity contribution in [3.63, 3.8) is 0 Å². The molecule has 1 saturated heterocycles. The third-order valence-electron chi connectivity index (χ3n) is 2.98. The molecule has 1 aromatic carbocycles. The van der Waals surface area contributed by atoms with E-state index >= 15 is 0 Å². The van der Waals surface area contributed by atoms with E-state index in [9.17, 15) is 14.7 Å². The molecule has 0 bridgehead atoms. The molecule has 1 aliphatic heterocycles. The Labute approximate surface area is 124 Å². The van der Waals surface area contributed by atoms with Gasteiger partial charge in [0.05, 0.1) is 13.7 Å². The van der Waals surface area contributed by atoms with Crippen LogP contribution in [0.1, 0.15) is 18.4 Å². The van der Waals surface area contributed by atoms with Gasteiger partial charge in [-0.3, -0.25) is 14.5 Å². The number of amides is 2. The minimum atomic E-state index is -1.05. The molecule has 1 N–H and O–H groups in total. The van der Waals surface area contributed by atoms with E-state index in [1.165, 1.54) is 0 Å². The van der Waals surface area contributed by atoms with E-state index in [1.54, 1.807) is 31.4 Å². The van der Waals surface area contributed by atoms with E-state index < -0.39 is 12.0 Å². The molecule has 1 aromatic rings. The molecule has 1 atom stereocenters. The van der Waals surface area contributed by atoms with Crippen LogP contribution in [0.3, 0.4) is 0 Å². The summed E-state index contributed by atoms with van der Waals surface area (Å²) in [6, 6.07) is 7.12. The Hall–Kier alpha value is -1.23. The Balaban J connectivity index is 0.00000180. The van der Waals surface area contributed by atoms with Crippen molar-refractivity contribution >= 4 is 11.8 Å². The summed E-state index contributed by atoms with van der Waals surface area (Å²) < 4.78 is 5.03. The van der Waals surface area contributed by atoms with Gasteiger partial charge in [-0.05, 0) is 24.1 Å². The molecule has 105 valence electrons. The quantitative estimate of drug-likeness (QED) is 0.702. The minimum absolute atomic E-state index is 0. The molecule has 2 amide bonds. The number of methoxy groups -OCH3 is 1.